The second-order valence-corrected chi connectivity index (χ2v) is 4.64. The molecule has 0 atom stereocenters. The second kappa shape index (κ2) is 5.69. The van der Waals surface area contributed by atoms with E-state index in [1.165, 1.54) is 0 Å². The van der Waals surface area contributed by atoms with Gasteiger partial charge in [-0.2, -0.15) is 15.2 Å². The third-order valence-electron chi connectivity index (χ3n) is 3.22. The zero-order chi connectivity index (χ0) is 15.5. The standard InChI is InChI=1S/C15H14N6O/c1-2-22-15-19-13(17)12-14(20-15)21(9-18-12)8-11-6-4-3-5-10(11)7-16/h3-6,9H,2,8H2,1H3,(H2,17,19,20). The van der Waals surface area contributed by atoms with Crippen LogP contribution in [0.15, 0.2) is 30.6 Å². The zero-order valence-electron chi connectivity index (χ0n) is 12.0. The van der Waals surface area contributed by atoms with Gasteiger partial charge in [0.2, 0.25) is 0 Å². The van der Waals surface area contributed by atoms with Crippen molar-refractivity contribution in [1.29, 1.82) is 5.26 Å². The molecule has 0 fully saturated rings. The molecule has 1 aromatic carbocycles. The van der Waals surface area contributed by atoms with Crippen molar-refractivity contribution in [3.8, 4) is 12.1 Å². The number of nitrogen functional groups attached to an aromatic ring is 1. The Morgan fingerprint density at radius 1 is 1.32 bits per heavy atom. The van der Waals surface area contributed by atoms with E-state index in [9.17, 15) is 5.26 Å². The highest BCUT2D eigenvalue weighted by atomic mass is 16.5. The number of benzene rings is 1. The number of ether oxygens (including phenoxy) is 1. The van der Waals surface area contributed by atoms with Crippen LogP contribution in [0.1, 0.15) is 18.1 Å². The van der Waals surface area contributed by atoms with E-state index in [-0.39, 0.29) is 11.8 Å². The van der Waals surface area contributed by atoms with E-state index >= 15 is 0 Å². The second-order valence-electron chi connectivity index (χ2n) is 4.64. The number of nitrogens with zero attached hydrogens (tertiary/aromatic N) is 5. The summed E-state index contributed by atoms with van der Waals surface area (Å²) in [4.78, 5) is 12.6. The molecule has 3 aromatic rings. The zero-order valence-corrected chi connectivity index (χ0v) is 12.0. The van der Waals surface area contributed by atoms with E-state index in [0.717, 1.165) is 5.56 Å². The van der Waals surface area contributed by atoms with Gasteiger partial charge in [-0.1, -0.05) is 18.2 Å². The van der Waals surface area contributed by atoms with Crippen LogP contribution >= 0.6 is 0 Å². The van der Waals surface area contributed by atoms with Crippen LogP contribution < -0.4 is 10.5 Å². The van der Waals surface area contributed by atoms with Gasteiger partial charge < -0.3 is 15.0 Å². The molecule has 0 amide bonds. The molecule has 22 heavy (non-hydrogen) atoms. The van der Waals surface area contributed by atoms with Gasteiger partial charge in [0.25, 0.3) is 0 Å². The molecule has 0 aliphatic carbocycles. The average Bonchev–Trinajstić information content (AvgIpc) is 2.92. The van der Waals surface area contributed by atoms with Gasteiger partial charge in [0, 0.05) is 0 Å². The normalized spacial score (nSPS) is 10.5. The highest BCUT2D eigenvalue weighted by molar-refractivity contribution is 5.82. The Hall–Kier alpha value is -3.14. The molecular formula is C15H14N6O. The van der Waals surface area contributed by atoms with Crippen LogP contribution in [0.5, 0.6) is 6.01 Å². The third kappa shape index (κ3) is 2.42. The first-order valence-corrected chi connectivity index (χ1v) is 6.82. The van der Waals surface area contributed by atoms with Crippen molar-refractivity contribution in [1.82, 2.24) is 19.5 Å². The van der Waals surface area contributed by atoms with Crippen LogP contribution in [0, 0.1) is 11.3 Å². The molecule has 0 saturated carbocycles. The van der Waals surface area contributed by atoms with Crippen LogP contribution in [0.3, 0.4) is 0 Å². The summed E-state index contributed by atoms with van der Waals surface area (Å²) in [6.45, 7) is 2.78. The third-order valence-corrected chi connectivity index (χ3v) is 3.22. The first-order valence-electron chi connectivity index (χ1n) is 6.82. The van der Waals surface area contributed by atoms with Gasteiger partial charge in [-0.3, -0.25) is 0 Å². The molecule has 7 heteroatoms. The Kier molecular flexibility index (Phi) is 3.58. The van der Waals surface area contributed by atoms with E-state index in [4.69, 9.17) is 10.5 Å². The number of anilines is 1. The summed E-state index contributed by atoms with van der Waals surface area (Å²) >= 11 is 0. The van der Waals surface area contributed by atoms with Crippen molar-refractivity contribution in [2.24, 2.45) is 0 Å². The first-order chi connectivity index (χ1) is 10.7. The topological polar surface area (TPSA) is 103 Å². The number of fused-ring (bicyclic) bond motifs is 1. The van der Waals surface area contributed by atoms with Crippen molar-refractivity contribution in [2.45, 2.75) is 13.5 Å². The first kappa shape index (κ1) is 13.8. The van der Waals surface area contributed by atoms with Gasteiger partial charge >= 0.3 is 6.01 Å². The van der Waals surface area contributed by atoms with E-state index in [2.05, 4.69) is 21.0 Å². The fraction of sp³-hybridized carbons (Fsp3) is 0.200. The molecule has 0 radical (unpaired) electrons. The van der Waals surface area contributed by atoms with Crippen molar-refractivity contribution >= 4 is 17.0 Å². The maximum atomic E-state index is 9.18. The van der Waals surface area contributed by atoms with Crippen LogP contribution in [-0.2, 0) is 6.54 Å². The monoisotopic (exact) mass is 294 g/mol. The molecule has 2 heterocycles. The predicted octanol–water partition coefficient (Wildman–Crippen LogP) is 1.73. The molecule has 0 aliphatic rings. The SMILES string of the molecule is CCOc1nc(N)c2ncn(Cc3ccccc3C#N)c2n1. The van der Waals surface area contributed by atoms with Gasteiger partial charge in [0.15, 0.2) is 17.0 Å². The number of imidazole rings is 1. The lowest BCUT2D eigenvalue weighted by atomic mass is 10.1. The predicted molar refractivity (Wildman–Crippen MR) is 81.2 cm³/mol. The molecule has 2 aromatic heterocycles. The van der Waals surface area contributed by atoms with Gasteiger partial charge in [-0.15, -0.1) is 0 Å². The minimum atomic E-state index is 0.225. The summed E-state index contributed by atoms with van der Waals surface area (Å²) in [5, 5.41) is 9.18. The Labute approximate surface area is 127 Å². The lowest BCUT2D eigenvalue weighted by molar-refractivity contribution is 0.314. The van der Waals surface area contributed by atoms with Crippen molar-refractivity contribution in [3.05, 3.63) is 41.7 Å². The number of hydrogen-bond donors (Lipinski definition) is 1. The Balaban J connectivity index is 2.06. The fourth-order valence-electron chi connectivity index (χ4n) is 2.21. The largest absolute Gasteiger partial charge is 0.464 e. The van der Waals surface area contributed by atoms with E-state index < -0.39 is 0 Å². The number of nitriles is 1. The van der Waals surface area contributed by atoms with E-state index in [1.807, 2.05) is 29.7 Å². The van der Waals surface area contributed by atoms with Gasteiger partial charge in [0.05, 0.1) is 31.1 Å². The minimum absolute atomic E-state index is 0.225. The molecule has 3 rings (SSSR count). The Morgan fingerprint density at radius 2 is 2.14 bits per heavy atom. The number of aromatic nitrogens is 4. The highest BCUT2D eigenvalue weighted by Gasteiger charge is 2.13. The minimum Gasteiger partial charge on any atom is -0.464 e. The lowest BCUT2D eigenvalue weighted by Crippen LogP contribution is -2.05. The van der Waals surface area contributed by atoms with Crippen molar-refractivity contribution < 1.29 is 4.74 Å². The van der Waals surface area contributed by atoms with E-state index in [1.54, 1.807) is 12.4 Å². The highest BCUT2D eigenvalue weighted by Crippen LogP contribution is 2.20. The molecule has 0 unspecified atom stereocenters. The van der Waals surface area contributed by atoms with Crippen LogP contribution in [0.2, 0.25) is 0 Å². The summed E-state index contributed by atoms with van der Waals surface area (Å²) in [7, 11) is 0. The van der Waals surface area contributed by atoms with Crippen molar-refractivity contribution in [3.63, 3.8) is 0 Å². The Morgan fingerprint density at radius 3 is 2.91 bits per heavy atom. The lowest BCUT2D eigenvalue weighted by Gasteiger charge is -2.07. The molecule has 0 aliphatic heterocycles. The maximum absolute atomic E-state index is 9.18. The van der Waals surface area contributed by atoms with E-state index in [0.29, 0.717) is 29.9 Å². The molecule has 0 bridgehead atoms. The number of rotatable bonds is 4. The van der Waals surface area contributed by atoms with Crippen LogP contribution in [0.25, 0.3) is 11.2 Å². The molecule has 0 saturated heterocycles. The summed E-state index contributed by atoms with van der Waals surface area (Å²) < 4.78 is 7.14. The summed E-state index contributed by atoms with van der Waals surface area (Å²) in [6, 6.07) is 9.82. The summed E-state index contributed by atoms with van der Waals surface area (Å²) in [6.07, 6.45) is 1.64. The molecule has 0 spiro atoms. The van der Waals surface area contributed by atoms with Crippen LogP contribution in [0.4, 0.5) is 5.82 Å². The molecule has 110 valence electrons. The maximum Gasteiger partial charge on any atom is 0.320 e. The molecule has 7 nitrogen and oxygen atoms in total. The molecular weight excluding hydrogens is 280 g/mol. The quantitative estimate of drug-likeness (QED) is 0.786. The Bertz CT molecular complexity index is 864. The fourth-order valence-corrected chi connectivity index (χ4v) is 2.21. The summed E-state index contributed by atoms with van der Waals surface area (Å²) in [5.74, 6) is 0.278. The van der Waals surface area contributed by atoms with Gasteiger partial charge in [0.1, 0.15) is 0 Å². The molecule has 2 N–H and O–H groups in total. The van der Waals surface area contributed by atoms with Crippen LogP contribution in [-0.4, -0.2) is 26.1 Å². The summed E-state index contributed by atoms with van der Waals surface area (Å²) in [5.41, 5.74) is 8.51. The number of hydrogen-bond acceptors (Lipinski definition) is 6. The smallest absolute Gasteiger partial charge is 0.320 e. The van der Waals surface area contributed by atoms with Gasteiger partial charge in [-0.05, 0) is 18.6 Å². The number of nitrogens with two attached hydrogens (primary N) is 1. The van der Waals surface area contributed by atoms with Gasteiger partial charge in [-0.25, -0.2) is 4.98 Å². The van der Waals surface area contributed by atoms with Crippen molar-refractivity contribution in [2.75, 3.05) is 12.3 Å². The average molecular weight is 294 g/mol.